The van der Waals surface area contributed by atoms with Crippen molar-refractivity contribution in [2.75, 3.05) is 19.8 Å². The van der Waals surface area contributed by atoms with Crippen LogP contribution in [-0.2, 0) is 18.9 Å². The molecule has 8 atom stereocenters. The van der Waals surface area contributed by atoms with Gasteiger partial charge in [0.05, 0.1) is 18.8 Å². The molecule has 0 spiro atoms. The van der Waals surface area contributed by atoms with Gasteiger partial charge in [-0.15, -0.1) is 11.8 Å². The first-order chi connectivity index (χ1) is 17.6. The molecule has 202 valence electrons. The fourth-order valence-electron chi connectivity index (χ4n) is 6.28. The highest BCUT2D eigenvalue weighted by Crippen LogP contribution is 2.52. The van der Waals surface area contributed by atoms with Crippen molar-refractivity contribution in [3.8, 4) is 11.8 Å². The van der Waals surface area contributed by atoms with Gasteiger partial charge in [-0.05, 0) is 81.1 Å². The van der Waals surface area contributed by atoms with Gasteiger partial charge >= 0.3 is 0 Å². The molecule has 1 N–H and O–H groups in total. The predicted molar refractivity (Wildman–Crippen MR) is 137 cm³/mol. The Balaban J connectivity index is 1.51. The Labute approximate surface area is 216 Å². The molecule has 0 radical (unpaired) electrons. The first-order valence-corrected chi connectivity index (χ1v) is 14.2. The summed E-state index contributed by atoms with van der Waals surface area (Å²) in [5.41, 5.74) is 0.782. The van der Waals surface area contributed by atoms with Gasteiger partial charge in [0, 0.05) is 32.0 Å². The summed E-state index contributed by atoms with van der Waals surface area (Å²) in [7, 11) is 0. The fraction of sp³-hybridized carbons (Fsp3) is 0.800. The van der Waals surface area contributed by atoms with Crippen LogP contribution in [-0.4, -0.2) is 49.7 Å². The number of aliphatic hydroxyl groups is 1. The average molecular weight is 505 g/mol. The molecule has 0 aromatic rings. The third kappa shape index (κ3) is 7.42. The van der Waals surface area contributed by atoms with E-state index in [4.69, 9.17) is 18.9 Å². The van der Waals surface area contributed by atoms with E-state index in [0.29, 0.717) is 24.7 Å². The number of fused-ring (bicyclic) bond motifs is 1. The zero-order valence-corrected chi connectivity index (χ0v) is 22.1. The molecule has 0 aromatic heterocycles. The number of halogens is 1. The van der Waals surface area contributed by atoms with Gasteiger partial charge in [-0.3, -0.25) is 0 Å². The number of hydrogen-bond donors (Lipinski definition) is 1. The van der Waals surface area contributed by atoms with E-state index in [0.717, 1.165) is 76.6 Å². The maximum atomic E-state index is 14.3. The summed E-state index contributed by atoms with van der Waals surface area (Å²) >= 11 is 0. The summed E-state index contributed by atoms with van der Waals surface area (Å²) < 4.78 is 39.1. The average Bonchev–Trinajstić information content (AvgIpc) is 3.45. The minimum absolute atomic E-state index is 0.0554. The molecule has 2 saturated heterocycles. The van der Waals surface area contributed by atoms with Crippen LogP contribution in [0.4, 0.5) is 4.39 Å². The van der Waals surface area contributed by atoms with E-state index >= 15 is 0 Å². The zero-order chi connectivity index (χ0) is 25.3. The molecule has 2 aliphatic heterocycles. The van der Waals surface area contributed by atoms with Gasteiger partial charge in [0.1, 0.15) is 5.83 Å². The predicted octanol–water partition coefficient (Wildman–Crippen LogP) is 6.07. The van der Waals surface area contributed by atoms with E-state index in [1.807, 2.05) is 0 Å². The van der Waals surface area contributed by atoms with Crippen molar-refractivity contribution in [1.29, 1.82) is 0 Å². The molecule has 2 saturated carbocycles. The minimum Gasteiger partial charge on any atom is -0.389 e. The summed E-state index contributed by atoms with van der Waals surface area (Å²) in [6.07, 6.45) is 14.3. The van der Waals surface area contributed by atoms with E-state index in [1.54, 1.807) is 0 Å². The molecular weight excluding hydrogens is 459 g/mol. The summed E-state index contributed by atoms with van der Waals surface area (Å²) in [5, 5.41) is 9.35. The van der Waals surface area contributed by atoms with Crippen LogP contribution in [0.2, 0.25) is 0 Å². The molecule has 3 unspecified atom stereocenters. The maximum Gasteiger partial charge on any atom is 0.158 e. The third-order valence-corrected chi connectivity index (χ3v) is 8.30. The van der Waals surface area contributed by atoms with E-state index in [1.165, 1.54) is 0 Å². The van der Waals surface area contributed by atoms with Gasteiger partial charge in [-0.2, -0.15) is 0 Å². The molecule has 2 heterocycles. The lowest BCUT2D eigenvalue weighted by atomic mass is 9.89. The van der Waals surface area contributed by atoms with Crippen molar-refractivity contribution in [1.82, 2.24) is 0 Å². The molecule has 6 heteroatoms. The number of allylic oxidation sites excluding steroid dienone is 1. The summed E-state index contributed by atoms with van der Waals surface area (Å²) in [6, 6.07) is 0. The molecule has 0 aromatic carbocycles. The number of aliphatic hydroxyl groups excluding tert-OH is 1. The van der Waals surface area contributed by atoms with Gasteiger partial charge in [-0.1, -0.05) is 26.0 Å². The molecule has 36 heavy (non-hydrogen) atoms. The highest BCUT2D eigenvalue weighted by atomic mass is 19.1. The molecule has 4 aliphatic rings. The van der Waals surface area contributed by atoms with Crippen LogP contribution >= 0.6 is 0 Å². The van der Waals surface area contributed by atoms with E-state index in [9.17, 15) is 9.50 Å². The second-order valence-electron chi connectivity index (χ2n) is 11.0. The molecule has 0 bridgehead atoms. The Kier molecular flexibility index (Phi) is 10.9. The first-order valence-electron chi connectivity index (χ1n) is 14.2. The Morgan fingerprint density at radius 1 is 1.11 bits per heavy atom. The van der Waals surface area contributed by atoms with E-state index < -0.39 is 6.61 Å². The summed E-state index contributed by atoms with van der Waals surface area (Å²) in [5.74, 6) is 7.20. The van der Waals surface area contributed by atoms with Crippen LogP contribution in [0.5, 0.6) is 0 Å². The highest BCUT2D eigenvalue weighted by Gasteiger charge is 2.48. The van der Waals surface area contributed by atoms with Crippen LogP contribution in [0, 0.1) is 35.5 Å². The quantitative estimate of drug-likeness (QED) is 0.305. The van der Waals surface area contributed by atoms with Gasteiger partial charge in [0.25, 0.3) is 0 Å². The molecule has 2 aliphatic carbocycles. The molecule has 0 amide bonds. The lowest BCUT2D eigenvalue weighted by Gasteiger charge is -2.31. The SMILES string of the molecule is CCC#CCC(C)[C@@H](C=C[C@@H]1[C@H]2CC(=C(F)CO)C[C@H]2C[C@H]1OC1CCCCO1)OC1CCCCO1. The van der Waals surface area contributed by atoms with Crippen molar-refractivity contribution in [3.63, 3.8) is 0 Å². The largest absolute Gasteiger partial charge is 0.389 e. The van der Waals surface area contributed by atoms with Crippen LogP contribution in [0.25, 0.3) is 0 Å². The Hall–Kier alpha value is -1.23. The van der Waals surface area contributed by atoms with Crippen molar-refractivity contribution in [3.05, 3.63) is 23.6 Å². The van der Waals surface area contributed by atoms with Gasteiger partial charge in [0.2, 0.25) is 0 Å². The summed E-state index contributed by atoms with van der Waals surface area (Å²) in [6.45, 7) is 5.26. The van der Waals surface area contributed by atoms with Crippen molar-refractivity contribution in [2.45, 2.75) is 109 Å². The Bertz CT molecular complexity index is 802. The van der Waals surface area contributed by atoms with Crippen LogP contribution in [0.3, 0.4) is 0 Å². The second kappa shape index (κ2) is 14.1. The fourth-order valence-corrected chi connectivity index (χ4v) is 6.28. The second-order valence-corrected chi connectivity index (χ2v) is 11.0. The number of ether oxygens (including phenoxy) is 4. The van der Waals surface area contributed by atoms with Gasteiger partial charge in [0.15, 0.2) is 12.6 Å². The third-order valence-electron chi connectivity index (χ3n) is 8.30. The normalized spacial score (nSPS) is 35.8. The first kappa shape index (κ1) is 27.8. The van der Waals surface area contributed by atoms with Crippen molar-refractivity contribution < 1.29 is 28.4 Å². The number of hydrogen-bond acceptors (Lipinski definition) is 5. The minimum atomic E-state index is -0.501. The van der Waals surface area contributed by atoms with E-state index in [2.05, 4.69) is 37.8 Å². The van der Waals surface area contributed by atoms with Crippen LogP contribution in [0.1, 0.15) is 84.5 Å². The number of rotatable bonds is 9. The highest BCUT2D eigenvalue weighted by molar-refractivity contribution is 5.21. The van der Waals surface area contributed by atoms with Crippen LogP contribution < -0.4 is 0 Å². The summed E-state index contributed by atoms with van der Waals surface area (Å²) in [4.78, 5) is 0. The lowest BCUT2D eigenvalue weighted by Crippen LogP contribution is -2.32. The molecule has 5 nitrogen and oxygen atoms in total. The maximum absolute atomic E-state index is 14.3. The van der Waals surface area contributed by atoms with E-state index in [-0.39, 0.29) is 42.5 Å². The van der Waals surface area contributed by atoms with Gasteiger partial charge in [-0.25, -0.2) is 4.39 Å². The van der Waals surface area contributed by atoms with Crippen LogP contribution in [0.15, 0.2) is 23.6 Å². The molecule has 4 fully saturated rings. The standard InChI is InChI=1S/C30H45FO5/c1-3-4-5-10-21(2)27(35-29-11-6-8-15-33-29)14-13-24-25-18-23(26(31)20-32)17-22(25)19-28(24)36-30-12-7-9-16-34-30/h13-14,21-22,24-25,27-30,32H,3,6-12,15-20H2,1-2H3/t21?,22-,24+,25-,27+,28+,29?,30?/m0/s1. The zero-order valence-electron chi connectivity index (χ0n) is 22.1. The monoisotopic (exact) mass is 504 g/mol. The molecule has 4 rings (SSSR count). The Morgan fingerprint density at radius 3 is 2.53 bits per heavy atom. The molecular formula is C30H45FO5. The topological polar surface area (TPSA) is 57.2 Å². The Morgan fingerprint density at radius 2 is 1.86 bits per heavy atom. The lowest BCUT2D eigenvalue weighted by molar-refractivity contribution is -0.193. The van der Waals surface area contributed by atoms with Crippen molar-refractivity contribution in [2.24, 2.45) is 23.7 Å². The van der Waals surface area contributed by atoms with Gasteiger partial charge < -0.3 is 24.1 Å². The van der Waals surface area contributed by atoms with Crippen molar-refractivity contribution >= 4 is 0 Å². The smallest absolute Gasteiger partial charge is 0.158 e.